The maximum Gasteiger partial charge on any atom is 0.0610 e. The van der Waals surface area contributed by atoms with Crippen molar-refractivity contribution in [2.24, 2.45) is 0 Å². The molecule has 0 radical (unpaired) electrons. The Kier molecular flexibility index (Phi) is 8.02. The van der Waals surface area contributed by atoms with Gasteiger partial charge < -0.3 is 15.2 Å². The summed E-state index contributed by atoms with van der Waals surface area (Å²) in [5.74, 6) is 0. The summed E-state index contributed by atoms with van der Waals surface area (Å²) in [6.07, 6.45) is 3.34. The second-order valence-corrected chi connectivity index (χ2v) is 4.67. The van der Waals surface area contributed by atoms with Gasteiger partial charge in [-0.25, -0.2) is 0 Å². The van der Waals surface area contributed by atoms with Gasteiger partial charge in [0.05, 0.1) is 12.7 Å². The van der Waals surface area contributed by atoms with Gasteiger partial charge in [-0.2, -0.15) is 0 Å². The van der Waals surface area contributed by atoms with Crippen molar-refractivity contribution in [1.82, 2.24) is 5.32 Å². The number of ether oxygens (including phenoxy) is 1. The van der Waals surface area contributed by atoms with Crippen LogP contribution in [0.2, 0.25) is 0 Å². The van der Waals surface area contributed by atoms with E-state index in [0.29, 0.717) is 6.10 Å². The normalized spacial score (nSPS) is 15.6. The molecule has 0 aliphatic carbocycles. The van der Waals surface area contributed by atoms with Gasteiger partial charge in [-0.15, -0.1) is 0 Å². The number of aliphatic hydroxyl groups is 1. The molecule has 3 heteroatoms. The van der Waals surface area contributed by atoms with Gasteiger partial charge in [0.15, 0.2) is 0 Å². The fourth-order valence-electron chi connectivity index (χ4n) is 1.43. The first-order valence-corrected chi connectivity index (χ1v) is 6.01. The van der Waals surface area contributed by atoms with E-state index in [9.17, 15) is 5.11 Å². The van der Waals surface area contributed by atoms with Gasteiger partial charge >= 0.3 is 0 Å². The molecule has 0 saturated carbocycles. The zero-order valence-corrected chi connectivity index (χ0v) is 10.7. The zero-order valence-electron chi connectivity index (χ0n) is 10.7. The van der Waals surface area contributed by atoms with Crippen LogP contribution in [0, 0.1) is 0 Å². The van der Waals surface area contributed by atoms with Crippen molar-refractivity contribution in [2.45, 2.75) is 58.6 Å². The van der Waals surface area contributed by atoms with Crippen LogP contribution >= 0.6 is 0 Å². The minimum Gasteiger partial charge on any atom is -0.394 e. The summed E-state index contributed by atoms with van der Waals surface area (Å²) >= 11 is 0. The Morgan fingerprint density at radius 3 is 2.53 bits per heavy atom. The molecule has 15 heavy (non-hydrogen) atoms. The molecule has 1 atom stereocenters. The van der Waals surface area contributed by atoms with Crippen LogP contribution in [0.3, 0.4) is 0 Å². The van der Waals surface area contributed by atoms with E-state index in [2.05, 4.69) is 19.2 Å². The molecule has 0 aromatic heterocycles. The van der Waals surface area contributed by atoms with E-state index in [0.717, 1.165) is 32.4 Å². The molecular formula is C12H27NO2. The largest absolute Gasteiger partial charge is 0.394 e. The molecule has 0 aliphatic rings. The highest BCUT2D eigenvalue weighted by Gasteiger charge is 2.21. The molecule has 1 unspecified atom stereocenters. The van der Waals surface area contributed by atoms with Gasteiger partial charge in [0.2, 0.25) is 0 Å². The predicted octanol–water partition coefficient (Wildman–Crippen LogP) is 1.94. The van der Waals surface area contributed by atoms with E-state index in [-0.39, 0.29) is 12.1 Å². The maximum atomic E-state index is 9.32. The minimum atomic E-state index is -0.143. The quantitative estimate of drug-likeness (QED) is 0.580. The highest BCUT2D eigenvalue weighted by atomic mass is 16.5. The van der Waals surface area contributed by atoms with Crippen molar-refractivity contribution < 1.29 is 9.84 Å². The van der Waals surface area contributed by atoms with E-state index in [1.807, 2.05) is 13.8 Å². The molecule has 0 aliphatic heterocycles. The third-order valence-electron chi connectivity index (χ3n) is 2.47. The average molecular weight is 217 g/mol. The fraction of sp³-hybridized carbons (Fsp3) is 1.00. The number of aliphatic hydroxyl groups excluding tert-OH is 1. The van der Waals surface area contributed by atoms with Gasteiger partial charge in [-0.05, 0) is 46.6 Å². The van der Waals surface area contributed by atoms with Crippen LogP contribution in [0.5, 0.6) is 0 Å². The topological polar surface area (TPSA) is 41.5 Å². The second kappa shape index (κ2) is 8.08. The lowest BCUT2D eigenvalue weighted by Crippen LogP contribution is -2.46. The van der Waals surface area contributed by atoms with Crippen molar-refractivity contribution in [3.8, 4) is 0 Å². The lowest BCUT2D eigenvalue weighted by molar-refractivity contribution is 0.0669. The Hall–Kier alpha value is -0.120. The van der Waals surface area contributed by atoms with E-state index in [1.165, 1.54) is 0 Å². The molecule has 0 spiro atoms. The molecular weight excluding hydrogens is 190 g/mol. The first-order chi connectivity index (χ1) is 7.04. The van der Waals surface area contributed by atoms with E-state index < -0.39 is 0 Å². The lowest BCUT2D eigenvalue weighted by atomic mass is 9.97. The van der Waals surface area contributed by atoms with Crippen LogP contribution < -0.4 is 5.32 Å². The molecule has 0 saturated heterocycles. The summed E-state index contributed by atoms with van der Waals surface area (Å²) in [7, 11) is 0. The second-order valence-electron chi connectivity index (χ2n) is 4.67. The Morgan fingerprint density at radius 1 is 1.40 bits per heavy atom. The summed E-state index contributed by atoms with van der Waals surface area (Å²) in [5, 5.41) is 12.7. The molecule has 92 valence electrons. The van der Waals surface area contributed by atoms with Crippen LogP contribution in [0.15, 0.2) is 0 Å². The average Bonchev–Trinajstić information content (AvgIpc) is 2.21. The maximum absolute atomic E-state index is 9.32. The van der Waals surface area contributed by atoms with Crippen LogP contribution in [0.25, 0.3) is 0 Å². The molecule has 0 rings (SSSR count). The fourth-order valence-corrected chi connectivity index (χ4v) is 1.43. The van der Waals surface area contributed by atoms with Gasteiger partial charge in [0.1, 0.15) is 0 Å². The summed E-state index contributed by atoms with van der Waals surface area (Å²) in [6.45, 7) is 10.2. The molecule has 0 heterocycles. The summed E-state index contributed by atoms with van der Waals surface area (Å²) < 4.78 is 5.48. The molecule has 2 N–H and O–H groups in total. The number of nitrogens with one attached hydrogen (secondary N) is 1. The zero-order chi connectivity index (χ0) is 11.7. The highest BCUT2D eigenvalue weighted by Crippen LogP contribution is 2.12. The van der Waals surface area contributed by atoms with Crippen LogP contribution in [0.1, 0.15) is 47.0 Å². The highest BCUT2D eigenvalue weighted by molar-refractivity contribution is 4.81. The molecule has 0 amide bonds. The smallest absolute Gasteiger partial charge is 0.0610 e. The Morgan fingerprint density at radius 2 is 2.07 bits per heavy atom. The number of hydrogen-bond acceptors (Lipinski definition) is 3. The molecule has 0 bridgehead atoms. The molecule has 0 aromatic carbocycles. The molecule has 3 nitrogen and oxygen atoms in total. The van der Waals surface area contributed by atoms with Gasteiger partial charge in [-0.1, -0.05) is 6.92 Å². The number of rotatable bonds is 9. The molecule has 0 fully saturated rings. The Balaban J connectivity index is 3.67. The monoisotopic (exact) mass is 217 g/mol. The van der Waals surface area contributed by atoms with Crippen LogP contribution in [0.4, 0.5) is 0 Å². The van der Waals surface area contributed by atoms with Crippen LogP contribution in [-0.2, 0) is 4.74 Å². The standard InChI is InChI=1S/C12H27NO2/c1-5-8-13-12(4,10-14)7-6-9-15-11(2)3/h11,13-14H,5-10H2,1-4H3. The summed E-state index contributed by atoms with van der Waals surface area (Å²) in [6, 6.07) is 0. The Bertz CT molecular complexity index is 151. The van der Waals surface area contributed by atoms with Crippen molar-refractivity contribution in [3.05, 3.63) is 0 Å². The lowest BCUT2D eigenvalue weighted by Gasteiger charge is -2.29. The van der Waals surface area contributed by atoms with E-state index in [1.54, 1.807) is 0 Å². The number of hydrogen-bond donors (Lipinski definition) is 2. The van der Waals surface area contributed by atoms with Gasteiger partial charge in [0.25, 0.3) is 0 Å². The van der Waals surface area contributed by atoms with Crippen LogP contribution in [-0.4, -0.2) is 36.5 Å². The van der Waals surface area contributed by atoms with Crippen molar-refractivity contribution in [1.29, 1.82) is 0 Å². The Labute approximate surface area is 94.2 Å². The first kappa shape index (κ1) is 14.9. The van der Waals surface area contributed by atoms with Crippen molar-refractivity contribution in [3.63, 3.8) is 0 Å². The third-order valence-corrected chi connectivity index (χ3v) is 2.47. The summed E-state index contributed by atoms with van der Waals surface area (Å²) in [5.41, 5.74) is -0.143. The van der Waals surface area contributed by atoms with Crippen molar-refractivity contribution >= 4 is 0 Å². The summed E-state index contributed by atoms with van der Waals surface area (Å²) in [4.78, 5) is 0. The van der Waals surface area contributed by atoms with Gasteiger partial charge in [0, 0.05) is 12.1 Å². The predicted molar refractivity (Wildman–Crippen MR) is 64.1 cm³/mol. The van der Waals surface area contributed by atoms with Gasteiger partial charge in [-0.3, -0.25) is 0 Å². The van der Waals surface area contributed by atoms with Crippen molar-refractivity contribution in [2.75, 3.05) is 19.8 Å². The third kappa shape index (κ3) is 7.77. The van der Waals surface area contributed by atoms with E-state index >= 15 is 0 Å². The SMILES string of the molecule is CCCNC(C)(CO)CCCOC(C)C. The minimum absolute atomic E-state index is 0.143. The molecule has 0 aromatic rings. The van der Waals surface area contributed by atoms with E-state index in [4.69, 9.17) is 4.74 Å². The first-order valence-electron chi connectivity index (χ1n) is 6.01.